The summed E-state index contributed by atoms with van der Waals surface area (Å²) < 4.78 is 24.8. The molecule has 0 aliphatic rings. The Balaban J connectivity index is 2.13. The van der Waals surface area contributed by atoms with Crippen LogP contribution in [0.4, 0.5) is 10.5 Å². The van der Waals surface area contributed by atoms with Crippen LogP contribution < -0.4 is 5.32 Å². The van der Waals surface area contributed by atoms with Gasteiger partial charge in [-0.05, 0) is 29.8 Å². The Hall–Kier alpha value is -2.60. The summed E-state index contributed by atoms with van der Waals surface area (Å²) in [6.45, 7) is 4.01. The molecule has 0 fully saturated rings. The van der Waals surface area contributed by atoms with E-state index in [1.165, 1.54) is 4.90 Å². The SMILES string of the molecule is C=CCN(C)C(=O)Nc1cccc(CS(=O)(=O)c2ccccc2)c1. The van der Waals surface area contributed by atoms with Gasteiger partial charge in [0, 0.05) is 19.3 Å². The van der Waals surface area contributed by atoms with Crippen molar-refractivity contribution in [2.24, 2.45) is 0 Å². The molecule has 2 aromatic rings. The second-order valence-corrected chi connectivity index (χ2v) is 7.36. The fourth-order valence-corrected chi connectivity index (χ4v) is 3.52. The van der Waals surface area contributed by atoms with Crippen LogP contribution in [0, 0.1) is 0 Å². The van der Waals surface area contributed by atoms with E-state index in [-0.39, 0.29) is 16.7 Å². The van der Waals surface area contributed by atoms with Crippen molar-refractivity contribution in [1.82, 2.24) is 4.90 Å². The van der Waals surface area contributed by atoms with E-state index in [1.54, 1.807) is 67.7 Å². The maximum absolute atomic E-state index is 12.4. The molecule has 0 saturated carbocycles. The summed E-state index contributed by atoms with van der Waals surface area (Å²) in [6.07, 6.45) is 1.63. The zero-order valence-corrected chi connectivity index (χ0v) is 14.3. The maximum Gasteiger partial charge on any atom is 0.321 e. The molecular formula is C18H20N2O3S. The van der Waals surface area contributed by atoms with E-state index < -0.39 is 9.84 Å². The third kappa shape index (κ3) is 4.70. The number of hydrogen-bond donors (Lipinski definition) is 1. The van der Waals surface area contributed by atoms with E-state index >= 15 is 0 Å². The van der Waals surface area contributed by atoms with Crippen molar-refractivity contribution in [3.8, 4) is 0 Å². The maximum atomic E-state index is 12.4. The Morgan fingerprint density at radius 1 is 1.17 bits per heavy atom. The van der Waals surface area contributed by atoms with Crippen molar-refractivity contribution in [2.75, 3.05) is 18.9 Å². The highest BCUT2D eigenvalue weighted by molar-refractivity contribution is 7.90. The predicted octanol–water partition coefficient (Wildman–Crippen LogP) is 3.31. The average molecular weight is 344 g/mol. The van der Waals surface area contributed by atoms with Crippen LogP contribution in [0.1, 0.15) is 5.56 Å². The lowest BCUT2D eigenvalue weighted by molar-refractivity contribution is 0.226. The van der Waals surface area contributed by atoms with Gasteiger partial charge in [-0.15, -0.1) is 6.58 Å². The summed E-state index contributed by atoms with van der Waals surface area (Å²) in [5, 5.41) is 2.74. The largest absolute Gasteiger partial charge is 0.324 e. The molecule has 0 saturated heterocycles. The van der Waals surface area contributed by atoms with Gasteiger partial charge in [-0.25, -0.2) is 13.2 Å². The number of anilines is 1. The zero-order chi connectivity index (χ0) is 17.6. The minimum absolute atomic E-state index is 0.122. The molecule has 0 bridgehead atoms. The Morgan fingerprint density at radius 3 is 2.54 bits per heavy atom. The van der Waals surface area contributed by atoms with Gasteiger partial charge >= 0.3 is 6.03 Å². The van der Waals surface area contributed by atoms with Crippen molar-refractivity contribution in [3.63, 3.8) is 0 Å². The summed E-state index contributed by atoms with van der Waals surface area (Å²) in [4.78, 5) is 13.7. The zero-order valence-electron chi connectivity index (χ0n) is 13.5. The number of hydrogen-bond acceptors (Lipinski definition) is 3. The molecule has 0 unspecified atom stereocenters. The molecule has 2 rings (SSSR count). The van der Waals surface area contributed by atoms with Crippen molar-refractivity contribution < 1.29 is 13.2 Å². The summed E-state index contributed by atoms with van der Waals surface area (Å²) in [7, 11) is -1.77. The van der Waals surface area contributed by atoms with Crippen LogP contribution in [-0.4, -0.2) is 32.9 Å². The van der Waals surface area contributed by atoms with Crippen LogP contribution in [-0.2, 0) is 15.6 Å². The van der Waals surface area contributed by atoms with Crippen LogP contribution in [0.3, 0.4) is 0 Å². The first-order chi connectivity index (χ1) is 11.4. The molecule has 0 radical (unpaired) electrons. The summed E-state index contributed by atoms with van der Waals surface area (Å²) >= 11 is 0. The van der Waals surface area contributed by atoms with Crippen LogP contribution in [0.25, 0.3) is 0 Å². The summed E-state index contributed by atoms with van der Waals surface area (Å²) in [5.74, 6) is -0.122. The van der Waals surface area contributed by atoms with Gasteiger partial charge < -0.3 is 10.2 Å². The number of carbonyl (C=O) groups is 1. The van der Waals surface area contributed by atoms with Gasteiger partial charge in [0.25, 0.3) is 0 Å². The molecule has 0 heterocycles. The molecule has 0 aliphatic heterocycles. The fraction of sp³-hybridized carbons (Fsp3) is 0.167. The lowest BCUT2D eigenvalue weighted by atomic mass is 10.2. The van der Waals surface area contributed by atoms with E-state index in [4.69, 9.17) is 0 Å². The Kier molecular flexibility index (Phi) is 5.76. The Labute approximate surface area is 142 Å². The highest BCUT2D eigenvalue weighted by Crippen LogP contribution is 2.18. The van der Waals surface area contributed by atoms with Gasteiger partial charge in [0.05, 0.1) is 10.6 Å². The van der Waals surface area contributed by atoms with E-state index in [9.17, 15) is 13.2 Å². The highest BCUT2D eigenvalue weighted by atomic mass is 32.2. The fourth-order valence-electron chi connectivity index (χ4n) is 2.16. The molecule has 0 atom stereocenters. The van der Waals surface area contributed by atoms with Crippen LogP contribution in [0.2, 0.25) is 0 Å². The molecular weight excluding hydrogens is 324 g/mol. The van der Waals surface area contributed by atoms with Crippen molar-refractivity contribution in [2.45, 2.75) is 10.6 Å². The highest BCUT2D eigenvalue weighted by Gasteiger charge is 2.15. The third-order valence-electron chi connectivity index (χ3n) is 3.39. The third-order valence-corrected chi connectivity index (χ3v) is 5.09. The van der Waals surface area contributed by atoms with Gasteiger partial charge in [-0.1, -0.05) is 36.4 Å². The molecule has 5 nitrogen and oxygen atoms in total. The number of urea groups is 1. The van der Waals surface area contributed by atoms with Gasteiger partial charge in [0.2, 0.25) is 0 Å². The Morgan fingerprint density at radius 2 is 1.88 bits per heavy atom. The first kappa shape index (κ1) is 17.7. The van der Waals surface area contributed by atoms with Gasteiger partial charge in [-0.2, -0.15) is 0 Å². The molecule has 24 heavy (non-hydrogen) atoms. The number of nitrogens with zero attached hydrogens (tertiary/aromatic N) is 1. The normalized spacial score (nSPS) is 10.9. The number of carbonyl (C=O) groups excluding carboxylic acids is 1. The lowest BCUT2D eigenvalue weighted by Gasteiger charge is -2.16. The van der Waals surface area contributed by atoms with Crippen molar-refractivity contribution in [1.29, 1.82) is 0 Å². The second kappa shape index (κ2) is 7.79. The topological polar surface area (TPSA) is 66.5 Å². The minimum atomic E-state index is -3.42. The van der Waals surface area contributed by atoms with E-state index in [0.717, 1.165) is 0 Å². The molecule has 2 amide bonds. The molecule has 126 valence electrons. The standard InChI is InChI=1S/C18H20N2O3S/c1-3-12-20(2)18(21)19-16-9-7-8-15(13-16)14-24(22,23)17-10-5-4-6-11-17/h3-11,13H,1,12,14H2,2H3,(H,19,21). The summed E-state index contributed by atoms with van der Waals surface area (Å²) in [6, 6.07) is 14.9. The molecule has 0 aromatic heterocycles. The molecule has 2 aromatic carbocycles. The lowest BCUT2D eigenvalue weighted by Crippen LogP contribution is -2.31. The smallest absolute Gasteiger partial charge is 0.321 e. The van der Waals surface area contributed by atoms with Crippen LogP contribution in [0.15, 0.2) is 72.1 Å². The molecule has 1 N–H and O–H groups in total. The van der Waals surface area contributed by atoms with E-state index in [1.807, 2.05) is 0 Å². The quantitative estimate of drug-likeness (QED) is 0.818. The van der Waals surface area contributed by atoms with Crippen LogP contribution >= 0.6 is 0 Å². The monoisotopic (exact) mass is 344 g/mol. The molecule has 0 spiro atoms. The van der Waals surface area contributed by atoms with Gasteiger partial charge in [0.1, 0.15) is 0 Å². The van der Waals surface area contributed by atoms with Crippen LogP contribution in [0.5, 0.6) is 0 Å². The van der Waals surface area contributed by atoms with Crippen molar-refractivity contribution in [3.05, 3.63) is 72.8 Å². The van der Waals surface area contributed by atoms with E-state index in [2.05, 4.69) is 11.9 Å². The van der Waals surface area contributed by atoms with E-state index in [0.29, 0.717) is 17.8 Å². The summed E-state index contributed by atoms with van der Waals surface area (Å²) in [5.41, 5.74) is 1.17. The van der Waals surface area contributed by atoms with Crippen molar-refractivity contribution >= 4 is 21.6 Å². The number of rotatable bonds is 6. The number of nitrogens with one attached hydrogen (secondary N) is 1. The second-order valence-electron chi connectivity index (χ2n) is 5.37. The molecule has 0 aliphatic carbocycles. The number of benzene rings is 2. The van der Waals surface area contributed by atoms with Gasteiger partial charge in [-0.3, -0.25) is 0 Å². The predicted molar refractivity (Wildman–Crippen MR) is 95.6 cm³/mol. The molecule has 6 heteroatoms. The first-order valence-corrected chi connectivity index (χ1v) is 9.07. The number of amides is 2. The van der Waals surface area contributed by atoms with Gasteiger partial charge in [0.15, 0.2) is 9.84 Å². The minimum Gasteiger partial charge on any atom is -0.324 e. The first-order valence-electron chi connectivity index (χ1n) is 7.42. The average Bonchev–Trinajstić information content (AvgIpc) is 2.56. The number of sulfone groups is 1. The Bertz CT molecular complexity index is 817. The number of likely N-dealkylation sites (N-methyl/N-ethyl adjacent to an activating group) is 1.